The predicted octanol–water partition coefficient (Wildman–Crippen LogP) is 0.511. The van der Waals surface area contributed by atoms with Crippen LogP contribution in [0.15, 0.2) is 24.5 Å². The molecule has 0 fully saturated rings. The van der Waals surface area contributed by atoms with E-state index in [2.05, 4.69) is 10.3 Å². The first kappa shape index (κ1) is 11.7. The van der Waals surface area contributed by atoms with Crippen LogP contribution in [0.25, 0.3) is 0 Å². The number of aliphatic hydroxyl groups excluding tert-OH is 1. The molecule has 0 radical (unpaired) electrons. The minimum Gasteiger partial charge on any atom is -0.396 e. The summed E-state index contributed by atoms with van der Waals surface area (Å²) in [6, 6.07) is 3.68. The second kappa shape index (κ2) is 6.14. The summed E-state index contributed by atoms with van der Waals surface area (Å²) in [5, 5.41) is 11.5. The first-order chi connectivity index (χ1) is 7.22. The van der Waals surface area contributed by atoms with Crippen LogP contribution in [0.5, 0.6) is 0 Å². The van der Waals surface area contributed by atoms with E-state index in [-0.39, 0.29) is 18.6 Å². The number of aromatic nitrogens is 1. The van der Waals surface area contributed by atoms with Crippen LogP contribution in [0.4, 0.5) is 0 Å². The number of carbonyl (C=O) groups excluding carboxylic acids is 1. The number of aliphatic hydroxyl groups is 1. The maximum absolute atomic E-state index is 11.5. The fraction of sp³-hybridized carbons (Fsp3) is 0.455. The number of hydrogen-bond acceptors (Lipinski definition) is 3. The fourth-order valence-corrected chi connectivity index (χ4v) is 1.28. The number of nitrogens with one attached hydrogen (secondary N) is 1. The molecule has 2 N–H and O–H groups in total. The van der Waals surface area contributed by atoms with Gasteiger partial charge in [0.25, 0.3) is 0 Å². The van der Waals surface area contributed by atoms with Gasteiger partial charge in [-0.05, 0) is 25.0 Å². The van der Waals surface area contributed by atoms with E-state index in [1.54, 1.807) is 18.5 Å². The molecule has 0 aliphatic heterocycles. The van der Waals surface area contributed by atoms with Crippen LogP contribution < -0.4 is 5.32 Å². The van der Waals surface area contributed by atoms with Crippen molar-refractivity contribution in [3.8, 4) is 0 Å². The average Bonchev–Trinajstić information content (AvgIpc) is 2.19. The van der Waals surface area contributed by atoms with E-state index in [0.717, 1.165) is 5.56 Å². The zero-order chi connectivity index (χ0) is 11.1. The van der Waals surface area contributed by atoms with Crippen LogP contribution in [0, 0.1) is 0 Å². The Balaban J connectivity index is 2.36. The molecular formula is C11H16N2O2. The van der Waals surface area contributed by atoms with E-state index >= 15 is 0 Å². The maximum atomic E-state index is 11.5. The number of hydrogen-bond donors (Lipinski definition) is 2. The fourth-order valence-electron chi connectivity index (χ4n) is 1.28. The highest BCUT2D eigenvalue weighted by molar-refractivity contribution is 5.78. The molecule has 1 unspecified atom stereocenters. The van der Waals surface area contributed by atoms with Gasteiger partial charge in [0.1, 0.15) is 0 Å². The topological polar surface area (TPSA) is 62.2 Å². The van der Waals surface area contributed by atoms with E-state index in [0.29, 0.717) is 12.8 Å². The molecule has 1 amide bonds. The van der Waals surface area contributed by atoms with Crippen LogP contribution in [0.1, 0.15) is 18.9 Å². The van der Waals surface area contributed by atoms with Crippen LogP contribution in [-0.4, -0.2) is 28.6 Å². The third-order valence-electron chi connectivity index (χ3n) is 2.06. The highest BCUT2D eigenvalue weighted by Gasteiger charge is 2.07. The Hall–Kier alpha value is -1.42. The zero-order valence-corrected chi connectivity index (χ0v) is 8.81. The van der Waals surface area contributed by atoms with Crippen LogP contribution in [0.3, 0.4) is 0 Å². The summed E-state index contributed by atoms with van der Waals surface area (Å²) in [4.78, 5) is 15.4. The molecule has 1 aromatic rings. The lowest BCUT2D eigenvalue weighted by Crippen LogP contribution is -2.34. The second-order valence-corrected chi connectivity index (χ2v) is 3.52. The molecule has 82 valence electrons. The molecule has 1 aromatic heterocycles. The van der Waals surface area contributed by atoms with E-state index in [1.165, 1.54) is 0 Å². The molecule has 0 saturated carbocycles. The summed E-state index contributed by atoms with van der Waals surface area (Å²) in [6.45, 7) is 1.96. The van der Waals surface area contributed by atoms with Crippen molar-refractivity contribution in [1.82, 2.24) is 10.3 Å². The molecule has 0 saturated heterocycles. The molecule has 0 aromatic carbocycles. The van der Waals surface area contributed by atoms with Gasteiger partial charge in [0.15, 0.2) is 0 Å². The first-order valence-corrected chi connectivity index (χ1v) is 5.01. The van der Waals surface area contributed by atoms with E-state index in [1.807, 2.05) is 13.0 Å². The Morgan fingerprint density at radius 3 is 3.07 bits per heavy atom. The Morgan fingerprint density at radius 2 is 2.47 bits per heavy atom. The van der Waals surface area contributed by atoms with Gasteiger partial charge in [-0.2, -0.15) is 0 Å². The van der Waals surface area contributed by atoms with Gasteiger partial charge in [-0.3, -0.25) is 9.78 Å². The van der Waals surface area contributed by atoms with E-state index in [9.17, 15) is 4.79 Å². The Morgan fingerprint density at radius 1 is 1.67 bits per heavy atom. The van der Waals surface area contributed by atoms with Crippen molar-refractivity contribution in [3.63, 3.8) is 0 Å². The molecule has 1 heterocycles. The average molecular weight is 208 g/mol. The third kappa shape index (κ3) is 4.56. The lowest BCUT2D eigenvalue weighted by Gasteiger charge is -2.11. The largest absolute Gasteiger partial charge is 0.396 e. The molecule has 4 heteroatoms. The van der Waals surface area contributed by atoms with Crippen molar-refractivity contribution in [3.05, 3.63) is 30.1 Å². The van der Waals surface area contributed by atoms with Gasteiger partial charge in [-0.15, -0.1) is 0 Å². The molecule has 0 bridgehead atoms. The number of pyridine rings is 1. The normalized spacial score (nSPS) is 12.1. The van der Waals surface area contributed by atoms with Crippen LogP contribution >= 0.6 is 0 Å². The minimum absolute atomic E-state index is 0.0131. The van der Waals surface area contributed by atoms with Crippen molar-refractivity contribution < 1.29 is 9.90 Å². The highest BCUT2D eigenvalue weighted by atomic mass is 16.3. The predicted molar refractivity (Wildman–Crippen MR) is 57.2 cm³/mol. The van der Waals surface area contributed by atoms with E-state index in [4.69, 9.17) is 5.11 Å². The summed E-state index contributed by atoms with van der Waals surface area (Å²) in [5.74, 6) is -0.0380. The van der Waals surface area contributed by atoms with Crippen molar-refractivity contribution in [2.75, 3.05) is 6.61 Å². The summed E-state index contributed by atoms with van der Waals surface area (Å²) < 4.78 is 0. The highest BCUT2D eigenvalue weighted by Crippen LogP contribution is 1.98. The van der Waals surface area contributed by atoms with Crippen LogP contribution in [-0.2, 0) is 11.2 Å². The second-order valence-electron chi connectivity index (χ2n) is 3.52. The van der Waals surface area contributed by atoms with Crippen molar-refractivity contribution in [2.24, 2.45) is 0 Å². The van der Waals surface area contributed by atoms with Crippen molar-refractivity contribution in [2.45, 2.75) is 25.8 Å². The summed E-state index contributed by atoms with van der Waals surface area (Å²) in [6.07, 6.45) is 4.27. The zero-order valence-electron chi connectivity index (χ0n) is 8.81. The monoisotopic (exact) mass is 208 g/mol. The van der Waals surface area contributed by atoms with Crippen molar-refractivity contribution >= 4 is 5.91 Å². The third-order valence-corrected chi connectivity index (χ3v) is 2.06. The standard InChI is InChI=1S/C11H16N2O2/c1-9(4-6-14)13-11(15)7-10-3-2-5-12-8-10/h2-3,5,8-9,14H,4,6-7H2,1H3,(H,13,15). The first-order valence-electron chi connectivity index (χ1n) is 5.01. The van der Waals surface area contributed by atoms with Crippen molar-refractivity contribution in [1.29, 1.82) is 0 Å². The van der Waals surface area contributed by atoms with Gasteiger partial charge < -0.3 is 10.4 Å². The molecule has 1 rings (SSSR count). The Labute approximate surface area is 89.3 Å². The van der Waals surface area contributed by atoms with Gasteiger partial charge in [0, 0.05) is 25.0 Å². The molecule has 0 aliphatic rings. The van der Waals surface area contributed by atoms with Gasteiger partial charge in [-0.25, -0.2) is 0 Å². The van der Waals surface area contributed by atoms with E-state index < -0.39 is 0 Å². The van der Waals surface area contributed by atoms with Crippen LogP contribution in [0.2, 0.25) is 0 Å². The smallest absolute Gasteiger partial charge is 0.224 e. The van der Waals surface area contributed by atoms with Gasteiger partial charge >= 0.3 is 0 Å². The molecule has 0 spiro atoms. The Kier molecular flexibility index (Phi) is 4.77. The minimum atomic E-state index is -0.0380. The SMILES string of the molecule is CC(CCO)NC(=O)Cc1cccnc1. The molecule has 0 aliphatic carbocycles. The molecule has 1 atom stereocenters. The van der Waals surface area contributed by atoms with Gasteiger partial charge in [-0.1, -0.05) is 6.07 Å². The maximum Gasteiger partial charge on any atom is 0.224 e. The lowest BCUT2D eigenvalue weighted by atomic mass is 10.2. The summed E-state index contributed by atoms with van der Waals surface area (Å²) in [5.41, 5.74) is 0.895. The quantitative estimate of drug-likeness (QED) is 0.741. The number of carbonyl (C=O) groups is 1. The summed E-state index contributed by atoms with van der Waals surface area (Å²) >= 11 is 0. The van der Waals surface area contributed by atoms with Gasteiger partial charge in [0.05, 0.1) is 6.42 Å². The lowest BCUT2D eigenvalue weighted by molar-refractivity contribution is -0.121. The summed E-state index contributed by atoms with van der Waals surface area (Å²) in [7, 11) is 0. The number of rotatable bonds is 5. The number of amides is 1. The molecule has 4 nitrogen and oxygen atoms in total. The Bertz CT molecular complexity index is 301. The van der Waals surface area contributed by atoms with Gasteiger partial charge in [0.2, 0.25) is 5.91 Å². The molecular weight excluding hydrogens is 192 g/mol. The number of nitrogens with zero attached hydrogens (tertiary/aromatic N) is 1. The molecule has 15 heavy (non-hydrogen) atoms.